The van der Waals surface area contributed by atoms with Crippen molar-refractivity contribution in [2.45, 2.75) is 30.3 Å². The molecule has 29 heavy (non-hydrogen) atoms. The van der Waals surface area contributed by atoms with E-state index in [1.54, 1.807) is 4.57 Å². The van der Waals surface area contributed by atoms with Gasteiger partial charge in [0.25, 0.3) is 0 Å². The largest absolute Gasteiger partial charge is 0.481 e. The first kappa shape index (κ1) is 20.5. The number of rotatable bonds is 8. The third-order valence-electron chi connectivity index (χ3n) is 4.20. The molecule has 0 radical (unpaired) electrons. The number of nitrogens with zero attached hydrogens (tertiary/aromatic N) is 3. The molecule has 1 atom stereocenters. The summed E-state index contributed by atoms with van der Waals surface area (Å²) in [6.45, 7) is 2.07. The summed E-state index contributed by atoms with van der Waals surface area (Å²) in [5.41, 5.74) is 7.89. The van der Waals surface area contributed by atoms with Crippen LogP contribution < -0.4 is 5.73 Å². The van der Waals surface area contributed by atoms with Gasteiger partial charge in [0.1, 0.15) is 11.1 Å². The second kappa shape index (κ2) is 8.87. The van der Waals surface area contributed by atoms with E-state index in [0.29, 0.717) is 16.5 Å². The summed E-state index contributed by atoms with van der Waals surface area (Å²) in [7, 11) is 0. The molecular formula is C20H19FN4O3S. The number of amides is 1. The first-order valence-electron chi connectivity index (χ1n) is 8.78. The van der Waals surface area contributed by atoms with Crippen LogP contribution in [-0.4, -0.2) is 31.7 Å². The maximum absolute atomic E-state index is 13.2. The van der Waals surface area contributed by atoms with Crippen molar-refractivity contribution in [3.8, 4) is 11.4 Å². The highest BCUT2D eigenvalue weighted by Crippen LogP contribution is 2.36. The van der Waals surface area contributed by atoms with E-state index in [4.69, 9.17) is 10.8 Å². The molecule has 0 saturated heterocycles. The number of halogens is 1. The van der Waals surface area contributed by atoms with Crippen molar-refractivity contribution in [2.75, 3.05) is 0 Å². The summed E-state index contributed by atoms with van der Waals surface area (Å²) in [4.78, 5) is 23.2. The summed E-state index contributed by atoms with van der Waals surface area (Å²) in [6.07, 6.45) is -0.137. The van der Waals surface area contributed by atoms with Gasteiger partial charge in [0.2, 0.25) is 5.91 Å². The number of hydrogen-bond acceptors (Lipinski definition) is 5. The molecule has 9 heteroatoms. The Morgan fingerprint density at radius 3 is 2.55 bits per heavy atom. The lowest BCUT2D eigenvalue weighted by molar-refractivity contribution is -0.137. The predicted octanol–water partition coefficient (Wildman–Crippen LogP) is 3.19. The second-order valence-corrected chi connectivity index (χ2v) is 7.50. The summed E-state index contributed by atoms with van der Waals surface area (Å²) >= 11 is 1.05. The Hall–Kier alpha value is -3.20. The van der Waals surface area contributed by atoms with E-state index in [1.165, 1.54) is 24.3 Å². The quantitative estimate of drug-likeness (QED) is 0.548. The average Bonchev–Trinajstić information content (AvgIpc) is 3.07. The molecule has 0 fully saturated rings. The Morgan fingerprint density at radius 1 is 1.21 bits per heavy atom. The monoisotopic (exact) mass is 414 g/mol. The smallest absolute Gasteiger partial charge is 0.305 e. The highest BCUT2D eigenvalue weighted by molar-refractivity contribution is 8.00. The molecule has 0 unspecified atom stereocenters. The summed E-state index contributed by atoms with van der Waals surface area (Å²) in [5, 5.41) is 17.0. The van der Waals surface area contributed by atoms with Crippen molar-refractivity contribution in [1.82, 2.24) is 14.8 Å². The summed E-state index contributed by atoms with van der Waals surface area (Å²) in [5.74, 6) is -1.51. The standard InChI is InChI=1S/C20H19FN4O3S/c1-12-3-2-4-14(11-12)19-23-24-20(25(19)10-9-16(26)27)29-17(18(22)28)13-5-7-15(21)8-6-13/h2-8,11,17H,9-10H2,1H3,(H2,22,28)(H,26,27)/t17-/m0/s1. The van der Waals surface area contributed by atoms with Crippen molar-refractivity contribution < 1.29 is 19.1 Å². The number of benzene rings is 2. The zero-order valence-corrected chi connectivity index (χ0v) is 16.4. The molecule has 3 aromatic rings. The van der Waals surface area contributed by atoms with Gasteiger partial charge in [-0.25, -0.2) is 4.39 Å². The zero-order valence-electron chi connectivity index (χ0n) is 15.6. The lowest BCUT2D eigenvalue weighted by Gasteiger charge is -2.15. The highest BCUT2D eigenvalue weighted by Gasteiger charge is 2.24. The second-order valence-electron chi connectivity index (χ2n) is 6.42. The van der Waals surface area contributed by atoms with Crippen LogP contribution in [0.3, 0.4) is 0 Å². The maximum atomic E-state index is 13.2. The van der Waals surface area contributed by atoms with Crippen LogP contribution in [0.5, 0.6) is 0 Å². The lowest BCUT2D eigenvalue weighted by Crippen LogP contribution is -2.19. The van der Waals surface area contributed by atoms with Crippen LogP contribution in [-0.2, 0) is 16.1 Å². The SMILES string of the molecule is Cc1cccc(-c2nnc(S[C@H](C(N)=O)c3ccc(F)cc3)n2CCC(=O)O)c1. The Labute approximate surface area is 170 Å². The maximum Gasteiger partial charge on any atom is 0.305 e. The molecular weight excluding hydrogens is 395 g/mol. The van der Waals surface area contributed by atoms with Gasteiger partial charge < -0.3 is 15.4 Å². The number of aryl methyl sites for hydroxylation is 1. The average molecular weight is 414 g/mol. The van der Waals surface area contributed by atoms with Crippen LogP contribution >= 0.6 is 11.8 Å². The fraction of sp³-hybridized carbons (Fsp3) is 0.200. The number of nitrogens with two attached hydrogens (primary N) is 1. The normalized spacial score (nSPS) is 11.9. The van der Waals surface area contributed by atoms with Crippen LogP contribution in [0.4, 0.5) is 4.39 Å². The number of carboxylic acids is 1. The van der Waals surface area contributed by atoms with E-state index in [1.807, 2.05) is 31.2 Å². The molecule has 0 aliphatic carbocycles. The molecule has 0 saturated carbocycles. The minimum absolute atomic E-state index is 0.128. The number of aromatic nitrogens is 3. The Balaban J connectivity index is 1.99. The van der Waals surface area contributed by atoms with Gasteiger partial charge in [-0.05, 0) is 30.7 Å². The molecule has 3 N–H and O–H groups in total. The van der Waals surface area contributed by atoms with Crippen molar-refractivity contribution >= 4 is 23.6 Å². The van der Waals surface area contributed by atoms with E-state index in [0.717, 1.165) is 22.9 Å². The van der Waals surface area contributed by atoms with Gasteiger partial charge in [-0.15, -0.1) is 10.2 Å². The van der Waals surface area contributed by atoms with Crippen LogP contribution in [0.2, 0.25) is 0 Å². The molecule has 2 aromatic carbocycles. The molecule has 1 amide bonds. The van der Waals surface area contributed by atoms with Gasteiger partial charge in [0.15, 0.2) is 11.0 Å². The molecule has 1 aromatic heterocycles. The van der Waals surface area contributed by atoms with E-state index in [9.17, 15) is 14.0 Å². The number of hydrogen-bond donors (Lipinski definition) is 2. The minimum atomic E-state index is -0.963. The van der Waals surface area contributed by atoms with Gasteiger partial charge in [-0.3, -0.25) is 9.59 Å². The number of primary amides is 1. The van der Waals surface area contributed by atoms with Gasteiger partial charge >= 0.3 is 5.97 Å². The van der Waals surface area contributed by atoms with Crippen LogP contribution in [0.25, 0.3) is 11.4 Å². The number of aliphatic carboxylic acids is 1. The highest BCUT2D eigenvalue weighted by atomic mass is 32.2. The van der Waals surface area contributed by atoms with Crippen LogP contribution in [0.15, 0.2) is 53.7 Å². The number of carbonyl (C=O) groups excluding carboxylic acids is 1. The topological polar surface area (TPSA) is 111 Å². The summed E-state index contributed by atoms with van der Waals surface area (Å²) < 4.78 is 14.9. The van der Waals surface area contributed by atoms with E-state index in [2.05, 4.69) is 10.2 Å². The third kappa shape index (κ3) is 5.00. The van der Waals surface area contributed by atoms with Crippen molar-refractivity contribution in [1.29, 1.82) is 0 Å². The van der Waals surface area contributed by atoms with Crippen molar-refractivity contribution in [2.24, 2.45) is 5.73 Å². The van der Waals surface area contributed by atoms with Gasteiger partial charge in [0.05, 0.1) is 6.42 Å². The molecule has 150 valence electrons. The first-order chi connectivity index (χ1) is 13.8. The Kier molecular flexibility index (Phi) is 6.28. The number of carbonyl (C=O) groups is 2. The third-order valence-corrected chi connectivity index (χ3v) is 5.45. The van der Waals surface area contributed by atoms with Gasteiger partial charge in [-0.1, -0.05) is 47.7 Å². The molecule has 1 heterocycles. The predicted molar refractivity (Wildman–Crippen MR) is 107 cm³/mol. The number of thioether (sulfide) groups is 1. The van der Waals surface area contributed by atoms with Crippen LogP contribution in [0, 0.1) is 12.7 Å². The van der Waals surface area contributed by atoms with E-state index < -0.39 is 22.9 Å². The molecule has 0 spiro atoms. The fourth-order valence-corrected chi connectivity index (χ4v) is 3.83. The first-order valence-corrected chi connectivity index (χ1v) is 9.66. The minimum Gasteiger partial charge on any atom is -0.481 e. The lowest BCUT2D eigenvalue weighted by atomic mass is 10.1. The van der Waals surface area contributed by atoms with E-state index >= 15 is 0 Å². The van der Waals surface area contributed by atoms with Crippen molar-refractivity contribution in [3.63, 3.8) is 0 Å². The Morgan fingerprint density at radius 2 is 1.93 bits per heavy atom. The molecule has 0 aliphatic heterocycles. The van der Waals surface area contributed by atoms with Crippen molar-refractivity contribution in [3.05, 3.63) is 65.5 Å². The van der Waals surface area contributed by atoms with Gasteiger partial charge in [-0.2, -0.15) is 0 Å². The number of carboxylic acid groups (broad SMARTS) is 1. The van der Waals surface area contributed by atoms with E-state index in [-0.39, 0.29) is 13.0 Å². The molecule has 0 aliphatic rings. The fourth-order valence-electron chi connectivity index (χ4n) is 2.82. The zero-order chi connectivity index (χ0) is 21.0. The Bertz CT molecular complexity index is 1040. The molecule has 0 bridgehead atoms. The van der Waals surface area contributed by atoms with Gasteiger partial charge in [0, 0.05) is 12.1 Å². The molecule has 3 rings (SSSR count). The summed E-state index contributed by atoms with van der Waals surface area (Å²) in [6, 6.07) is 13.1. The molecule has 7 nitrogen and oxygen atoms in total. The van der Waals surface area contributed by atoms with Crippen LogP contribution in [0.1, 0.15) is 22.8 Å².